The lowest BCUT2D eigenvalue weighted by molar-refractivity contribution is -0.147. The highest BCUT2D eigenvalue weighted by Crippen LogP contribution is 2.13. The Hall–Kier alpha value is -1.93. The van der Waals surface area contributed by atoms with Crippen molar-refractivity contribution in [1.29, 1.82) is 0 Å². The molecule has 0 saturated carbocycles. The van der Waals surface area contributed by atoms with Gasteiger partial charge in [-0.1, -0.05) is 19.1 Å². The predicted molar refractivity (Wildman–Crippen MR) is 85.5 cm³/mol. The van der Waals surface area contributed by atoms with Gasteiger partial charge in [0.1, 0.15) is 5.54 Å². The van der Waals surface area contributed by atoms with E-state index in [9.17, 15) is 18.0 Å². The lowest BCUT2D eigenvalue weighted by Crippen LogP contribution is -2.51. The molecule has 0 spiro atoms. The van der Waals surface area contributed by atoms with Crippen LogP contribution in [-0.2, 0) is 26.0 Å². The molecule has 3 N–H and O–H groups in total. The van der Waals surface area contributed by atoms with Gasteiger partial charge in [0, 0.05) is 6.42 Å². The van der Waals surface area contributed by atoms with Crippen LogP contribution in [0.1, 0.15) is 32.3 Å². The normalized spacial score (nSPS) is 14.0. The molecule has 0 aliphatic heterocycles. The Kier molecular flexibility index (Phi) is 6.28. The van der Waals surface area contributed by atoms with Crippen molar-refractivity contribution in [3.8, 4) is 0 Å². The minimum Gasteiger partial charge on any atom is -0.480 e. The van der Waals surface area contributed by atoms with E-state index in [4.69, 9.17) is 5.11 Å². The molecule has 128 valence electrons. The topological polar surface area (TPSA) is 113 Å². The Bertz CT molecular complexity index is 670. The van der Waals surface area contributed by atoms with Crippen LogP contribution in [0, 0.1) is 0 Å². The van der Waals surface area contributed by atoms with Gasteiger partial charge in [0.15, 0.2) is 0 Å². The van der Waals surface area contributed by atoms with E-state index >= 15 is 0 Å². The molecular formula is C15H22N2O5S. The third-order valence-corrected chi connectivity index (χ3v) is 5.17. The fourth-order valence-corrected chi connectivity index (χ4v) is 2.60. The number of aliphatic carboxylic acids is 1. The van der Waals surface area contributed by atoms with Crippen molar-refractivity contribution >= 4 is 21.9 Å². The zero-order valence-electron chi connectivity index (χ0n) is 13.4. The maximum absolute atomic E-state index is 11.9. The largest absolute Gasteiger partial charge is 0.480 e. The van der Waals surface area contributed by atoms with Crippen LogP contribution in [0.2, 0.25) is 0 Å². The molecule has 1 rings (SSSR count). The first-order valence-corrected chi connectivity index (χ1v) is 8.70. The van der Waals surface area contributed by atoms with Crippen molar-refractivity contribution in [2.45, 2.75) is 43.5 Å². The standard InChI is InChI=1S/C15H22N2O5S/c1-4-15(2,14(19)20)17-13(18)10-7-11-5-8-12(9-6-11)23(21,22)16-3/h5-6,8-9,16H,4,7,10H2,1-3H3,(H,17,18)(H,19,20). The molecule has 7 nitrogen and oxygen atoms in total. The zero-order chi connectivity index (χ0) is 17.7. The van der Waals surface area contributed by atoms with Gasteiger partial charge in [-0.25, -0.2) is 17.9 Å². The number of sulfonamides is 1. The van der Waals surface area contributed by atoms with E-state index in [1.165, 1.54) is 26.1 Å². The van der Waals surface area contributed by atoms with Gasteiger partial charge in [0.05, 0.1) is 4.90 Å². The highest BCUT2D eigenvalue weighted by atomic mass is 32.2. The third kappa shape index (κ3) is 5.04. The zero-order valence-corrected chi connectivity index (χ0v) is 14.2. The summed E-state index contributed by atoms with van der Waals surface area (Å²) in [6.45, 7) is 3.15. The minimum atomic E-state index is -3.48. The number of benzene rings is 1. The first kappa shape index (κ1) is 19.1. The van der Waals surface area contributed by atoms with Crippen molar-refractivity contribution in [3.63, 3.8) is 0 Å². The molecule has 0 heterocycles. The lowest BCUT2D eigenvalue weighted by Gasteiger charge is -2.24. The van der Waals surface area contributed by atoms with Crippen LogP contribution in [0.4, 0.5) is 0 Å². The highest BCUT2D eigenvalue weighted by molar-refractivity contribution is 7.89. The Morgan fingerprint density at radius 1 is 1.22 bits per heavy atom. The molecule has 1 atom stereocenters. The molecule has 23 heavy (non-hydrogen) atoms. The number of carbonyl (C=O) groups excluding carboxylic acids is 1. The summed E-state index contributed by atoms with van der Waals surface area (Å²) in [5.74, 6) is -1.43. The molecule has 1 amide bonds. The van der Waals surface area contributed by atoms with E-state index in [-0.39, 0.29) is 23.6 Å². The summed E-state index contributed by atoms with van der Waals surface area (Å²) < 4.78 is 25.4. The molecular weight excluding hydrogens is 320 g/mol. The molecule has 1 aromatic carbocycles. The molecule has 1 unspecified atom stereocenters. The predicted octanol–water partition coefficient (Wildman–Crippen LogP) is 0.897. The van der Waals surface area contributed by atoms with Gasteiger partial charge >= 0.3 is 5.97 Å². The van der Waals surface area contributed by atoms with Crippen LogP contribution in [0.25, 0.3) is 0 Å². The molecule has 0 aliphatic rings. The Morgan fingerprint density at radius 3 is 2.22 bits per heavy atom. The molecule has 0 aromatic heterocycles. The summed E-state index contributed by atoms with van der Waals surface area (Å²) in [5.41, 5.74) is -0.481. The molecule has 0 aliphatic carbocycles. The van der Waals surface area contributed by atoms with Crippen molar-refractivity contribution < 1.29 is 23.1 Å². The van der Waals surface area contributed by atoms with Gasteiger partial charge < -0.3 is 10.4 Å². The highest BCUT2D eigenvalue weighted by Gasteiger charge is 2.32. The monoisotopic (exact) mass is 342 g/mol. The summed E-state index contributed by atoms with van der Waals surface area (Å²) in [5, 5.41) is 11.6. The first-order valence-electron chi connectivity index (χ1n) is 7.21. The van der Waals surface area contributed by atoms with Crippen LogP contribution in [0.3, 0.4) is 0 Å². The average molecular weight is 342 g/mol. The SMILES string of the molecule is CCC(C)(NC(=O)CCc1ccc(S(=O)(=O)NC)cc1)C(=O)O. The quantitative estimate of drug-likeness (QED) is 0.649. The van der Waals surface area contributed by atoms with Crippen molar-refractivity contribution in [1.82, 2.24) is 10.0 Å². The summed E-state index contributed by atoms with van der Waals surface area (Å²) in [6.07, 6.45) is 0.802. The number of hydrogen-bond acceptors (Lipinski definition) is 4. The fraction of sp³-hybridized carbons (Fsp3) is 0.467. The van der Waals surface area contributed by atoms with Crippen LogP contribution < -0.4 is 10.0 Å². The van der Waals surface area contributed by atoms with Gasteiger partial charge in [0.25, 0.3) is 0 Å². The van der Waals surface area contributed by atoms with Gasteiger partial charge in [-0.05, 0) is 44.5 Å². The van der Waals surface area contributed by atoms with Crippen LogP contribution in [0.5, 0.6) is 0 Å². The second-order valence-corrected chi connectivity index (χ2v) is 7.28. The number of rotatable bonds is 8. The van der Waals surface area contributed by atoms with E-state index in [2.05, 4.69) is 10.0 Å². The van der Waals surface area contributed by atoms with Gasteiger partial charge in [-0.15, -0.1) is 0 Å². The number of carbonyl (C=O) groups is 2. The van der Waals surface area contributed by atoms with Crippen LogP contribution >= 0.6 is 0 Å². The summed E-state index contributed by atoms with van der Waals surface area (Å²) in [6, 6.07) is 6.19. The maximum Gasteiger partial charge on any atom is 0.329 e. The molecule has 0 radical (unpaired) electrons. The lowest BCUT2D eigenvalue weighted by atomic mass is 9.98. The minimum absolute atomic E-state index is 0.126. The van der Waals surface area contributed by atoms with E-state index in [0.717, 1.165) is 5.56 Å². The fourth-order valence-electron chi connectivity index (χ4n) is 1.87. The number of carboxylic acids is 1. The van der Waals surface area contributed by atoms with Crippen LogP contribution in [0.15, 0.2) is 29.2 Å². The molecule has 0 saturated heterocycles. The number of aryl methyl sites for hydroxylation is 1. The third-order valence-electron chi connectivity index (χ3n) is 3.74. The molecule has 0 bridgehead atoms. The summed E-state index contributed by atoms with van der Waals surface area (Å²) >= 11 is 0. The second kappa shape index (κ2) is 7.56. The van der Waals surface area contributed by atoms with E-state index < -0.39 is 21.5 Å². The number of hydrogen-bond donors (Lipinski definition) is 3. The smallest absolute Gasteiger partial charge is 0.329 e. The molecule has 0 fully saturated rings. The van der Waals surface area contributed by atoms with Crippen molar-refractivity contribution in [3.05, 3.63) is 29.8 Å². The first-order chi connectivity index (χ1) is 10.6. The van der Waals surface area contributed by atoms with Gasteiger partial charge in [-0.3, -0.25) is 4.79 Å². The van der Waals surface area contributed by atoms with Gasteiger partial charge in [0.2, 0.25) is 15.9 Å². The Morgan fingerprint density at radius 2 is 1.78 bits per heavy atom. The van der Waals surface area contributed by atoms with E-state index in [1.54, 1.807) is 19.1 Å². The summed E-state index contributed by atoms with van der Waals surface area (Å²) in [4.78, 5) is 23.2. The number of amides is 1. The number of carboxylic acid groups (broad SMARTS) is 1. The second-order valence-electron chi connectivity index (χ2n) is 5.39. The maximum atomic E-state index is 11.9. The molecule has 8 heteroatoms. The molecule has 1 aromatic rings. The average Bonchev–Trinajstić information content (AvgIpc) is 2.53. The Labute approximate surface area is 136 Å². The van der Waals surface area contributed by atoms with Crippen LogP contribution in [-0.4, -0.2) is 38.0 Å². The Balaban J connectivity index is 2.65. The van der Waals surface area contributed by atoms with E-state index in [0.29, 0.717) is 6.42 Å². The van der Waals surface area contributed by atoms with E-state index in [1.807, 2.05) is 0 Å². The van der Waals surface area contributed by atoms with Crippen molar-refractivity contribution in [2.24, 2.45) is 0 Å². The van der Waals surface area contributed by atoms with Gasteiger partial charge in [-0.2, -0.15) is 0 Å². The number of nitrogens with one attached hydrogen (secondary N) is 2. The summed E-state index contributed by atoms with van der Waals surface area (Å²) in [7, 11) is -2.14. The van der Waals surface area contributed by atoms with Crippen molar-refractivity contribution in [2.75, 3.05) is 7.05 Å².